The lowest BCUT2D eigenvalue weighted by atomic mass is 9.95. The average molecular weight is 223 g/mol. The first-order valence-electron chi connectivity index (χ1n) is 5.50. The molecule has 0 fully saturated rings. The summed E-state index contributed by atoms with van der Waals surface area (Å²) in [5, 5.41) is 13.1. The molecular formula is C13H21NO2. The number of rotatable bonds is 4. The molecule has 1 aromatic rings. The van der Waals surface area contributed by atoms with Crippen LogP contribution in [-0.4, -0.2) is 25.8 Å². The zero-order valence-corrected chi connectivity index (χ0v) is 10.7. The maximum atomic E-state index is 10.1. The van der Waals surface area contributed by atoms with E-state index in [1.54, 1.807) is 7.11 Å². The maximum absolute atomic E-state index is 10.1. The molecule has 0 aromatic heterocycles. The van der Waals surface area contributed by atoms with Gasteiger partial charge in [0.2, 0.25) is 0 Å². The smallest absolute Gasteiger partial charge is 0.128 e. The van der Waals surface area contributed by atoms with Crippen LogP contribution in [0.3, 0.4) is 0 Å². The van der Waals surface area contributed by atoms with Crippen molar-refractivity contribution in [3.8, 4) is 5.75 Å². The lowest BCUT2D eigenvalue weighted by Crippen LogP contribution is -2.18. The van der Waals surface area contributed by atoms with E-state index in [1.165, 1.54) is 5.56 Å². The minimum absolute atomic E-state index is 0.527. The van der Waals surface area contributed by atoms with Crippen LogP contribution < -0.4 is 10.1 Å². The normalized spacial score (nSPS) is 12.6. The van der Waals surface area contributed by atoms with Crippen LogP contribution in [-0.2, 0) is 0 Å². The van der Waals surface area contributed by atoms with E-state index >= 15 is 0 Å². The Bertz CT molecular complexity index is 375. The van der Waals surface area contributed by atoms with Gasteiger partial charge in [0.25, 0.3) is 0 Å². The number of benzene rings is 1. The second-order valence-electron chi connectivity index (χ2n) is 4.16. The average Bonchev–Trinajstić information content (AvgIpc) is 2.23. The van der Waals surface area contributed by atoms with Gasteiger partial charge in [-0.2, -0.15) is 0 Å². The number of ether oxygens (including phenoxy) is 1. The van der Waals surface area contributed by atoms with Crippen molar-refractivity contribution in [2.45, 2.75) is 26.9 Å². The highest BCUT2D eigenvalue weighted by Crippen LogP contribution is 2.33. The Morgan fingerprint density at radius 3 is 2.44 bits per heavy atom. The third kappa shape index (κ3) is 2.36. The van der Waals surface area contributed by atoms with E-state index in [-0.39, 0.29) is 0 Å². The van der Waals surface area contributed by atoms with Crippen molar-refractivity contribution in [2.75, 3.05) is 20.7 Å². The summed E-state index contributed by atoms with van der Waals surface area (Å²) in [5.74, 6) is 0.806. The molecule has 3 heteroatoms. The molecule has 1 unspecified atom stereocenters. The largest absolute Gasteiger partial charge is 0.496 e. The first-order valence-corrected chi connectivity index (χ1v) is 5.50. The van der Waals surface area contributed by atoms with Crippen LogP contribution in [0, 0.1) is 20.8 Å². The molecule has 1 rings (SSSR count). The van der Waals surface area contributed by atoms with Gasteiger partial charge >= 0.3 is 0 Å². The molecule has 1 atom stereocenters. The van der Waals surface area contributed by atoms with Crippen LogP contribution in [0.1, 0.15) is 28.4 Å². The third-order valence-corrected chi connectivity index (χ3v) is 2.97. The molecule has 0 aliphatic heterocycles. The predicted molar refractivity (Wildman–Crippen MR) is 66.1 cm³/mol. The number of aliphatic hydroxyl groups excluding tert-OH is 1. The number of likely N-dealkylation sites (N-methyl/N-ethyl adjacent to an activating group) is 1. The highest BCUT2D eigenvalue weighted by atomic mass is 16.5. The summed E-state index contributed by atoms with van der Waals surface area (Å²) in [7, 11) is 3.48. The summed E-state index contributed by atoms with van der Waals surface area (Å²) < 4.78 is 5.42. The second kappa shape index (κ2) is 5.32. The van der Waals surface area contributed by atoms with Gasteiger partial charge < -0.3 is 15.2 Å². The lowest BCUT2D eigenvalue weighted by Gasteiger charge is -2.20. The van der Waals surface area contributed by atoms with Crippen LogP contribution in [0.2, 0.25) is 0 Å². The van der Waals surface area contributed by atoms with Crippen LogP contribution in [0.4, 0.5) is 0 Å². The van der Waals surface area contributed by atoms with Gasteiger partial charge in [-0.25, -0.2) is 0 Å². The second-order valence-corrected chi connectivity index (χ2v) is 4.16. The van der Waals surface area contributed by atoms with Crippen molar-refractivity contribution in [3.63, 3.8) is 0 Å². The molecule has 0 aliphatic carbocycles. The topological polar surface area (TPSA) is 41.5 Å². The molecule has 16 heavy (non-hydrogen) atoms. The van der Waals surface area contributed by atoms with Crippen molar-refractivity contribution in [2.24, 2.45) is 0 Å². The van der Waals surface area contributed by atoms with E-state index < -0.39 is 6.10 Å². The minimum Gasteiger partial charge on any atom is -0.496 e. The summed E-state index contributed by atoms with van der Waals surface area (Å²) in [4.78, 5) is 0. The maximum Gasteiger partial charge on any atom is 0.128 e. The molecule has 0 saturated heterocycles. The van der Waals surface area contributed by atoms with Crippen molar-refractivity contribution in [3.05, 3.63) is 28.3 Å². The van der Waals surface area contributed by atoms with Crippen molar-refractivity contribution in [1.82, 2.24) is 5.32 Å². The van der Waals surface area contributed by atoms with Gasteiger partial charge in [-0.15, -0.1) is 0 Å². The molecule has 0 aliphatic rings. The molecule has 0 saturated carbocycles. The number of methoxy groups -OCH3 is 1. The predicted octanol–water partition coefficient (Wildman–Crippen LogP) is 1.87. The van der Waals surface area contributed by atoms with Gasteiger partial charge in [0, 0.05) is 12.1 Å². The summed E-state index contributed by atoms with van der Waals surface area (Å²) in [6.45, 7) is 6.60. The first kappa shape index (κ1) is 13.0. The summed E-state index contributed by atoms with van der Waals surface area (Å²) >= 11 is 0. The van der Waals surface area contributed by atoms with Gasteiger partial charge in [-0.1, -0.05) is 6.07 Å². The molecule has 2 N–H and O–H groups in total. The zero-order chi connectivity index (χ0) is 12.3. The van der Waals surface area contributed by atoms with Crippen LogP contribution in [0.5, 0.6) is 5.75 Å². The Kier molecular flexibility index (Phi) is 4.33. The third-order valence-electron chi connectivity index (χ3n) is 2.97. The highest BCUT2D eigenvalue weighted by Gasteiger charge is 2.18. The molecular weight excluding hydrogens is 202 g/mol. The lowest BCUT2D eigenvalue weighted by molar-refractivity contribution is 0.172. The fraction of sp³-hybridized carbons (Fsp3) is 0.538. The summed E-state index contributed by atoms with van der Waals surface area (Å²) in [6, 6.07) is 2.09. The molecule has 1 aromatic carbocycles. The Morgan fingerprint density at radius 2 is 1.94 bits per heavy atom. The van der Waals surface area contributed by atoms with Gasteiger partial charge in [-0.05, 0) is 44.5 Å². The van der Waals surface area contributed by atoms with Crippen LogP contribution in [0.25, 0.3) is 0 Å². The zero-order valence-electron chi connectivity index (χ0n) is 10.7. The van der Waals surface area contributed by atoms with E-state index in [0.717, 1.165) is 22.4 Å². The van der Waals surface area contributed by atoms with Crippen molar-refractivity contribution in [1.29, 1.82) is 0 Å². The van der Waals surface area contributed by atoms with Crippen molar-refractivity contribution >= 4 is 0 Å². The van der Waals surface area contributed by atoms with E-state index in [2.05, 4.69) is 18.3 Å². The Morgan fingerprint density at radius 1 is 1.31 bits per heavy atom. The molecule has 90 valence electrons. The standard InChI is InChI=1S/C13H21NO2/c1-8-6-9(2)12(11(15)7-14-4)13(16-5)10(8)3/h6,11,14-15H,7H2,1-5H3. The summed E-state index contributed by atoms with van der Waals surface area (Å²) in [6.07, 6.45) is -0.528. The fourth-order valence-corrected chi connectivity index (χ4v) is 2.04. The van der Waals surface area contributed by atoms with Crippen LogP contribution in [0.15, 0.2) is 6.07 Å². The number of aryl methyl sites for hydroxylation is 2. The van der Waals surface area contributed by atoms with Crippen LogP contribution >= 0.6 is 0 Å². The molecule has 0 amide bonds. The van der Waals surface area contributed by atoms with Gasteiger partial charge in [0.05, 0.1) is 13.2 Å². The van der Waals surface area contributed by atoms with Gasteiger partial charge in [0.1, 0.15) is 5.75 Å². The Balaban J connectivity index is 3.30. The van der Waals surface area contributed by atoms with E-state index in [1.807, 2.05) is 20.9 Å². The fourth-order valence-electron chi connectivity index (χ4n) is 2.04. The molecule has 3 nitrogen and oxygen atoms in total. The molecule has 0 spiro atoms. The first-order chi connectivity index (χ1) is 7.52. The Hall–Kier alpha value is -1.06. The number of hydrogen-bond acceptors (Lipinski definition) is 3. The van der Waals surface area contributed by atoms with Gasteiger partial charge in [-0.3, -0.25) is 0 Å². The molecule has 0 radical (unpaired) electrons. The number of aliphatic hydroxyl groups is 1. The molecule has 0 heterocycles. The summed E-state index contributed by atoms with van der Waals surface area (Å²) in [5.41, 5.74) is 4.25. The SMILES string of the molecule is CNCC(O)c1c(C)cc(C)c(C)c1OC. The molecule has 0 bridgehead atoms. The van der Waals surface area contributed by atoms with E-state index in [9.17, 15) is 5.11 Å². The minimum atomic E-state index is -0.528. The number of hydrogen-bond donors (Lipinski definition) is 2. The quantitative estimate of drug-likeness (QED) is 0.819. The van der Waals surface area contributed by atoms with E-state index in [4.69, 9.17) is 4.74 Å². The van der Waals surface area contributed by atoms with Crippen molar-refractivity contribution < 1.29 is 9.84 Å². The Labute approximate surface area is 97.4 Å². The van der Waals surface area contributed by atoms with E-state index in [0.29, 0.717) is 6.54 Å². The monoisotopic (exact) mass is 223 g/mol. The highest BCUT2D eigenvalue weighted by molar-refractivity contribution is 5.50. The van der Waals surface area contributed by atoms with Gasteiger partial charge in [0.15, 0.2) is 0 Å². The number of nitrogens with one attached hydrogen (secondary N) is 1.